The Hall–Kier alpha value is -1.30. The van der Waals surface area contributed by atoms with E-state index in [2.05, 4.69) is 9.47 Å². The van der Waals surface area contributed by atoms with Gasteiger partial charge in [0.05, 0.1) is 20.3 Å². The number of aliphatic hydroxyl groups excluding tert-OH is 1. The smallest absolute Gasteiger partial charge is 0.419 e. The van der Waals surface area contributed by atoms with Crippen LogP contribution in [0.3, 0.4) is 0 Å². The molecule has 86 valence electrons. The SMILES string of the molecule is COC(=O)N(CC1CC(O)C1)C(=O)OC. The lowest BCUT2D eigenvalue weighted by Gasteiger charge is -2.33. The fourth-order valence-corrected chi connectivity index (χ4v) is 1.55. The summed E-state index contributed by atoms with van der Waals surface area (Å²) in [5.41, 5.74) is 0. The summed E-state index contributed by atoms with van der Waals surface area (Å²) in [5.74, 6) is 0.137. The third-order valence-corrected chi connectivity index (χ3v) is 2.44. The monoisotopic (exact) mass is 217 g/mol. The van der Waals surface area contributed by atoms with Crippen LogP contribution in [0.4, 0.5) is 9.59 Å². The van der Waals surface area contributed by atoms with Crippen molar-refractivity contribution in [2.24, 2.45) is 5.92 Å². The Labute approximate surface area is 87.8 Å². The second kappa shape index (κ2) is 4.97. The van der Waals surface area contributed by atoms with Gasteiger partial charge in [0.15, 0.2) is 0 Å². The number of carbonyl (C=O) groups is 2. The van der Waals surface area contributed by atoms with Crippen LogP contribution in [0.2, 0.25) is 0 Å². The number of imide groups is 1. The molecule has 1 saturated carbocycles. The lowest BCUT2D eigenvalue weighted by atomic mass is 9.82. The molecule has 0 bridgehead atoms. The summed E-state index contributed by atoms with van der Waals surface area (Å²) >= 11 is 0. The highest BCUT2D eigenvalue weighted by Crippen LogP contribution is 2.28. The number of methoxy groups -OCH3 is 2. The summed E-state index contributed by atoms with van der Waals surface area (Å²) in [7, 11) is 2.40. The molecule has 1 fully saturated rings. The summed E-state index contributed by atoms with van der Waals surface area (Å²) in [6.45, 7) is 0.233. The van der Waals surface area contributed by atoms with Crippen molar-refractivity contribution in [2.45, 2.75) is 18.9 Å². The van der Waals surface area contributed by atoms with E-state index in [1.807, 2.05) is 0 Å². The molecule has 0 atom stereocenters. The Morgan fingerprint density at radius 3 is 2.07 bits per heavy atom. The average molecular weight is 217 g/mol. The Balaban J connectivity index is 2.49. The van der Waals surface area contributed by atoms with E-state index < -0.39 is 12.2 Å². The van der Waals surface area contributed by atoms with Crippen molar-refractivity contribution >= 4 is 12.2 Å². The van der Waals surface area contributed by atoms with E-state index in [-0.39, 0.29) is 18.6 Å². The van der Waals surface area contributed by atoms with Gasteiger partial charge in [0.2, 0.25) is 0 Å². The lowest BCUT2D eigenvalue weighted by molar-refractivity contribution is 0.0226. The summed E-state index contributed by atoms with van der Waals surface area (Å²) in [6.07, 6.45) is -0.576. The fourth-order valence-electron chi connectivity index (χ4n) is 1.55. The average Bonchev–Trinajstić information content (AvgIpc) is 2.20. The zero-order valence-corrected chi connectivity index (χ0v) is 8.80. The molecule has 0 unspecified atom stereocenters. The highest BCUT2D eigenvalue weighted by molar-refractivity contribution is 5.87. The summed E-state index contributed by atoms with van der Waals surface area (Å²) in [6, 6.07) is 0. The van der Waals surface area contributed by atoms with Gasteiger partial charge < -0.3 is 14.6 Å². The molecule has 1 N–H and O–H groups in total. The van der Waals surface area contributed by atoms with E-state index in [4.69, 9.17) is 5.11 Å². The van der Waals surface area contributed by atoms with Gasteiger partial charge in [-0.3, -0.25) is 0 Å². The Bertz CT molecular complexity index is 233. The standard InChI is InChI=1S/C9H15NO5/c1-14-8(12)10(9(13)15-2)5-6-3-7(11)4-6/h6-7,11H,3-5H2,1-2H3. The molecule has 0 aromatic rings. The molecule has 1 aliphatic rings. The zero-order chi connectivity index (χ0) is 11.4. The van der Waals surface area contributed by atoms with E-state index in [1.165, 1.54) is 14.2 Å². The molecule has 1 rings (SSSR count). The van der Waals surface area contributed by atoms with E-state index in [0.29, 0.717) is 12.8 Å². The van der Waals surface area contributed by atoms with Crippen LogP contribution < -0.4 is 0 Å². The topological polar surface area (TPSA) is 76.1 Å². The second-order valence-corrected chi connectivity index (χ2v) is 3.54. The molecule has 0 heterocycles. The number of rotatable bonds is 2. The van der Waals surface area contributed by atoms with Crippen molar-refractivity contribution in [1.29, 1.82) is 0 Å². The Morgan fingerprint density at radius 1 is 1.27 bits per heavy atom. The molecule has 1 aliphatic carbocycles. The second-order valence-electron chi connectivity index (χ2n) is 3.54. The quantitative estimate of drug-likeness (QED) is 0.732. The predicted molar refractivity (Wildman–Crippen MR) is 50.2 cm³/mol. The van der Waals surface area contributed by atoms with Gasteiger partial charge in [0.25, 0.3) is 0 Å². The Kier molecular flexibility index (Phi) is 3.90. The van der Waals surface area contributed by atoms with Gasteiger partial charge in [-0.1, -0.05) is 0 Å². The minimum absolute atomic E-state index is 0.137. The molecule has 0 aliphatic heterocycles. The van der Waals surface area contributed by atoms with Crippen LogP contribution in [-0.4, -0.2) is 49.1 Å². The zero-order valence-electron chi connectivity index (χ0n) is 8.80. The van der Waals surface area contributed by atoms with Gasteiger partial charge >= 0.3 is 12.2 Å². The molecular formula is C9H15NO5. The van der Waals surface area contributed by atoms with Crippen molar-refractivity contribution in [3.05, 3.63) is 0 Å². The summed E-state index contributed by atoms with van der Waals surface area (Å²) in [4.78, 5) is 23.3. The number of ether oxygens (including phenoxy) is 2. The molecule has 2 amide bonds. The van der Waals surface area contributed by atoms with Gasteiger partial charge in [-0.25, -0.2) is 14.5 Å². The lowest BCUT2D eigenvalue weighted by Crippen LogP contribution is -2.44. The molecular weight excluding hydrogens is 202 g/mol. The van der Waals surface area contributed by atoms with E-state index in [1.54, 1.807) is 0 Å². The molecule has 0 saturated heterocycles. The number of nitrogens with zero attached hydrogens (tertiary/aromatic N) is 1. The highest BCUT2D eigenvalue weighted by Gasteiger charge is 2.33. The van der Waals surface area contributed by atoms with Crippen molar-refractivity contribution in [3.63, 3.8) is 0 Å². The van der Waals surface area contributed by atoms with E-state index >= 15 is 0 Å². The van der Waals surface area contributed by atoms with Crippen LogP contribution in [0.5, 0.6) is 0 Å². The van der Waals surface area contributed by atoms with Gasteiger partial charge in [0.1, 0.15) is 0 Å². The maximum absolute atomic E-state index is 11.2. The molecule has 0 aromatic carbocycles. The summed E-state index contributed by atoms with van der Waals surface area (Å²) in [5, 5.41) is 9.07. The van der Waals surface area contributed by atoms with Gasteiger partial charge in [-0.05, 0) is 18.8 Å². The molecule has 6 heteroatoms. The van der Waals surface area contributed by atoms with Crippen LogP contribution in [-0.2, 0) is 9.47 Å². The van der Waals surface area contributed by atoms with Crippen LogP contribution in [0.15, 0.2) is 0 Å². The first-order valence-electron chi connectivity index (χ1n) is 4.70. The minimum Gasteiger partial charge on any atom is -0.452 e. The van der Waals surface area contributed by atoms with E-state index in [0.717, 1.165) is 4.90 Å². The van der Waals surface area contributed by atoms with Crippen LogP contribution in [0, 0.1) is 5.92 Å². The van der Waals surface area contributed by atoms with E-state index in [9.17, 15) is 9.59 Å². The number of amides is 2. The first kappa shape index (κ1) is 11.8. The predicted octanol–water partition coefficient (Wildman–Crippen LogP) is 0.592. The summed E-state index contributed by atoms with van der Waals surface area (Å²) < 4.78 is 8.91. The third-order valence-electron chi connectivity index (χ3n) is 2.44. The largest absolute Gasteiger partial charge is 0.452 e. The van der Waals surface area contributed by atoms with Crippen molar-refractivity contribution in [3.8, 4) is 0 Å². The van der Waals surface area contributed by atoms with Crippen LogP contribution >= 0.6 is 0 Å². The number of aliphatic hydroxyl groups is 1. The maximum atomic E-state index is 11.2. The maximum Gasteiger partial charge on any atom is 0.419 e. The molecule has 6 nitrogen and oxygen atoms in total. The van der Waals surface area contributed by atoms with Crippen molar-refractivity contribution in [1.82, 2.24) is 4.90 Å². The first-order valence-corrected chi connectivity index (χ1v) is 4.70. The van der Waals surface area contributed by atoms with Crippen LogP contribution in [0.25, 0.3) is 0 Å². The first-order chi connectivity index (χ1) is 7.08. The molecule has 15 heavy (non-hydrogen) atoms. The third kappa shape index (κ3) is 2.82. The van der Waals surface area contributed by atoms with Gasteiger partial charge in [-0.15, -0.1) is 0 Å². The van der Waals surface area contributed by atoms with Crippen molar-refractivity contribution < 1.29 is 24.2 Å². The number of hydrogen-bond acceptors (Lipinski definition) is 5. The Morgan fingerprint density at radius 2 is 1.73 bits per heavy atom. The number of hydrogen-bond donors (Lipinski definition) is 1. The van der Waals surface area contributed by atoms with Gasteiger partial charge in [0, 0.05) is 6.54 Å². The van der Waals surface area contributed by atoms with Crippen LogP contribution in [0.1, 0.15) is 12.8 Å². The number of carbonyl (C=O) groups excluding carboxylic acids is 2. The molecule has 0 aromatic heterocycles. The van der Waals surface area contributed by atoms with Gasteiger partial charge in [-0.2, -0.15) is 0 Å². The molecule has 0 spiro atoms. The van der Waals surface area contributed by atoms with Crippen molar-refractivity contribution in [2.75, 3.05) is 20.8 Å². The molecule has 0 radical (unpaired) electrons. The fraction of sp³-hybridized carbons (Fsp3) is 0.778. The minimum atomic E-state index is -0.733. The highest BCUT2D eigenvalue weighted by atomic mass is 16.6. The normalized spacial score (nSPS) is 23.9.